The number of anilines is 1. The van der Waals surface area contributed by atoms with Gasteiger partial charge < -0.3 is 11.8 Å². The van der Waals surface area contributed by atoms with E-state index in [1.54, 1.807) is 6.92 Å². The number of carboxylic acids is 1. The standard InChI is InChI=1S/C18H15ClF3NO3.Li.H/c1-10(8-11-2-4-12(5-3-11)18(20,21)22)16(24)23-15-7-6-13(19)9-14(15)17(25)26;;/h2-7,9-10H,8H2,1H3,(H,23,24)(H,25,26);;/q;+1;-1. The molecule has 4 nitrogen and oxygen atoms in total. The van der Waals surface area contributed by atoms with Gasteiger partial charge in [0.1, 0.15) is 0 Å². The molecule has 0 bridgehead atoms. The van der Waals surface area contributed by atoms with Crippen LogP contribution in [0.3, 0.4) is 0 Å². The molecule has 0 aliphatic carbocycles. The minimum atomic E-state index is -4.41. The number of alkyl halides is 3. The van der Waals surface area contributed by atoms with Gasteiger partial charge in [-0.25, -0.2) is 4.79 Å². The summed E-state index contributed by atoms with van der Waals surface area (Å²) in [5.74, 6) is -2.27. The van der Waals surface area contributed by atoms with E-state index in [1.807, 2.05) is 0 Å². The number of hydrogen-bond acceptors (Lipinski definition) is 2. The maximum absolute atomic E-state index is 12.6. The van der Waals surface area contributed by atoms with Gasteiger partial charge in [0.25, 0.3) is 0 Å². The second kappa shape index (κ2) is 9.31. The topological polar surface area (TPSA) is 66.4 Å². The minimum Gasteiger partial charge on any atom is -1.00 e. The first kappa shape index (κ1) is 23.1. The van der Waals surface area contributed by atoms with E-state index in [9.17, 15) is 22.8 Å². The molecule has 0 aromatic heterocycles. The van der Waals surface area contributed by atoms with Crippen LogP contribution < -0.4 is 24.2 Å². The van der Waals surface area contributed by atoms with Crippen molar-refractivity contribution >= 4 is 29.2 Å². The van der Waals surface area contributed by atoms with Crippen molar-refractivity contribution in [3.05, 3.63) is 64.2 Å². The Morgan fingerprint density at radius 1 is 1.19 bits per heavy atom. The fourth-order valence-corrected chi connectivity index (χ4v) is 2.51. The summed E-state index contributed by atoms with van der Waals surface area (Å²) >= 11 is 5.76. The molecule has 9 heteroatoms. The number of benzene rings is 2. The van der Waals surface area contributed by atoms with Crippen LogP contribution in [0.1, 0.15) is 29.8 Å². The SMILES string of the molecule is CC(Cc1ccc(C(F)(F)F)cc1)C(=O)Nc1ccc(Cl)cc1C(=O)O.[H-].[Li+]. The number of halogens is 4. The Hall–Kier alpha value is -1.94. The van der Waals surface area contributed by atoms with Gasteiger partial charge >= 0.3 is 31.0 Å². The van der Waals surface area contributed by atoms with Crippen LogP contribution in [0.4, 0.5) is 18.9 Å². The third-order valence-corrected chi connectivity index (χ3v) is 3.98. The summed E-state index contributed by atoms with van der Waals surface area (Å²) in [6.07, 6.45) is -4.21. The normalized spacial score (nSPS) is 12.0. The molecule has 1 amide bonds. The van der Waals surface area contributed by atoms with Crippen molar-refractivity contribution in [2.75, 3.05) is 5.32 Å². The molecule has 0 saturated heterocycles. The summed E-state index contributed by atoms with van der Waals surface area (Å²) in [4.78, 5) is 23.5. The van der Waals surface area contributed by atoms with Crippen molar-refractivity contribution in [1.82, 2.24) is 0 Å². The smallest absolute Gasteiger partial charge is 1.00 e. The fraction of sp³-hybridized carbons (Fsp3) is 0.222. The first-order valence-electron chi connectivity index (χ1n) is 7.58. The zero-order valence-electron chi connectivity index (χ0n) is 15.6. The Morgan fingerprint density at radius 3 is 2.30 bits per heavy atom. The van der Waals surface area contributed by atoms with Crippen molar-refractivity contribution in [2.45, 2.75) is 19.5 Å². The molecule has 0 aliphatic rings. The van der Waals surface area contributed by atoms with E-state index in [1.165, 1.54) is 30.3 Å². The van der Waals surface area contributed by atoms with Gasteiger partial charge in [0.2, 0.25) is 5.91 Å². The monoisotopic (exact) mass is 393 g/mol. The van der Waals surface area contributed by atoms with Crippen LogP contribution in [0.5, 0.6) is 0 Å². The Labute approximate surface area is 172 Å². The van der Waals surface area contributed by atoms with E-state index in [0.717, 1.165) is 12.1 Å². The first-order valence-corrected chi connectivity index (χ1v) is 7.95. The van der Waals surface area contributed by atoms with Crippen molar-refractivity contribution in [2.24, 2.45) is 5.92 Å². The fourth-order valence-electron chi connectivity index (χ4n) is 2.33. The van der Waals surface area contributed by atoms with Crippen LogP contribution in [0.2, 0.25) is 5.02 Å². The number of carboxylic acid groups (broad SMARTS) is 1. The second-order valence-electron chi connectivity index (χ2n) is 5.78. The van der Waals surface area contributed by atoms with Crippen LogP contribution in [-0.2, 0) is 17.4 Å². The van der Waals surface area contributed by atoms with Gasteiger partial charge in [-0.05, 0) is 42.3 Å². The van der Waals surface area contributed by atoms with Gasteiger partial charge in [-0.15, -0.1) is 0 Å². The number of hydrogen-bond donors (Lipinski definition) is 2. The summed E-state index contributed by atoms with van der Waals surface area (Å²) in [6.45, 7) is 1.60. The Morgan fingerprint density at radius 2 is 1.78 bits per heavy atom. The molecule has 0 spiro atoms. The molecular weight excluding hydrogens is 378 g/mol. The Balaban J connectivity index is 0.00000364. The summed E-state index contributed by atoms with van der Waals surface area (Å²) < 4.78 is 37.7. The van der Waals surface area contributed by atoms with E-state index < -0.39 is 29.5 Å². The Bertz CT molecular complexity index is 832. The third kappa shape index (κ3) is 6.31. The van der Waals surface area contributed by atoms with Crippen LogP contribution in [0.15, 0.2) is 42.5 Å². The molecule has 0 aliphatic heterocycles. The summed E-state index contributed by atoms with van der Waals surface area (Å²) in [6, 6.07) is 8.61. The van der Waals surface area contributed by atoms with Crippen LogP contribution >= 0.6 is 11.6 Å². The van der Waals surface area contributed by atoms with E-state index in [2.05, 4.69) is 5.32 Å². The number of aromatic carboxylic acids is 1. The second-order valence-corrected chi connectivity index (χ2v) is 6.22. The molecule has 0 fully saturated rings. The van der Waals surface area contributed by atoms with Gasteiger partial charge in [0.15, 0.2) is 0 Å². The largest absolute Gasteiger partial charge is 1.00 e. The van der Waals surface area contributed by atoms with Crippen molar-refractivity contribution in [3.63, 3.8) is 0 Å². The van der Waals surface area contributed by atoms with Crippen molar-refractivity contribution in [1.29, 1.82) is 0 Å². The molecular formula is C18H16ClF3LiNO3. The average Bonchev–Trinajstić information content (AvgIpc) is 2.55. The molecule has 1 atom stereocenters. The zero-order valence-corrected chi connectivity index (χ0v) is 15.4. The van der Waals surface area contributed by atoms with Crippen molar-refractivity contribution < 1.29 is 48.2 Å². The molecule has 140 valence electrons. The Kier molecular flexibility index (Phi) is 7.97. The van der Waals surface area contributed by atoms with Crippen LogP contribution in [0, 0.1) is 5.92 Å². The zero-order chi connectivity index (χ0) is 19.5. The molecule has 2 N–H and O–H groups in total. The van der Waals surface area contributed by atoms with Crippen LogP contribution in [-0.4, -0.2) is 17.0 Å². The maximum atomic E-state index is 12.6. The molecule has 27 heavy (non-hydrogen) atoms. The molecule has 2 aromatic rings. The predicted octanol–water partition coefficient (Wildman–Crippen LogP) is 1.99. The quantitative estimate of drug-likeness (QED) is 0.764. The molecule has 1 unspecified atom stereocenters. The molecule has 0 saturated carbocycles. The van der Waals surface area contributed by atoms with E-state index in [0.29, 0.717) is 5.56 Å². The summed E-state index contributed by atoms with van der Waals surface area (Å²) in [5, 5.41) is 11.9. The van der Waals surface area contributed by atoms with Gasteiger partial charge in [0, 0.05) is 10.9 Å². The van der Waals surface area contributed by atoms with Gasteiger partial charge in [-0.1, -0.05) is 30.7 Å². The van der Waals surface area contributed by atoms with Gasteiger partial charge in [-0.2, -0.15) is 13.2 Å². The number of carbonyl (C=O) groups excluding carboxylic acids is 1. The predicted molar refractivity (Wildman–Crippen MR) is 92.5 cm³/mol. The number of nitrogens with one attached hydrogen (secondary N) is 1. The van der Waals surface area contributed by atoms with Gasteiger partial charge in [0.05, 0.1) is 16.8 Å². The number of carbonyl (C=O) groups is 2. The summed E-state index contributed by atoms with van der Waals surface area (Å²) in [5.41, 5.74) is -0.236. The van der Waals surface area contributed by atoms with E-state index in [4.69, 9.17) is 16.7 Å². The van der Waals surface area contributed by atoms with Crippen LogP contribution in [0.25, 0.3) is 0 Å². The summed E-state index contributed by atoms with van der Waals surface area (Å²) in [7, 11) is 0. The molecule has 0 radical (unpaired) electrons. The minimum absolute atomic E-state index is 0. The molecule has 2 aromatic carbocycles. The molecule has 0 heterocycles. The van der Waals surface area contributed by atoms with Gasteiger partial charge in [-0.3, -0.25) is 4.79 Å². The van der Waals surface area contributed by atoms with Crippen molar-refractivity contribution in [3.8, 4) is 0 Å². The molecule has 2 rings (SSSR count). The van der Waals surface area contributed by atoms with E-state index in [-0.39, 0.29) is 43.0 Å². The maximum Gasteiger partial charge on any atom is 1.00 e. The number of rotatable bonds is 5. The number of amides is 1. The average molecular weight is 394 g/mol. The van der Waals surface area contributed by atoms with E-state index >= 15 is 0 Å². The first-order chi connectivity index (χ1) is 12.1. The third-order valence-electron chi connectivity index (χ3n) is 3.74.